The monoisotopic (exact) mass is 257 g/mol. The first-order valence-electron chi connectivity index (χ1n) is 6.95. The molecule has 1 N–H and O–H groups in total. The van der Waals surface area contributed by atoms with Gasteiger partial charge in [0, 0.05) is 11.6 Å². The largest absolute Gasteiger partial charge is 0.393 e. The smallest absolute Gasteiger partial charge is 0.0727 e. The summed E-state index contributed by atoms with van der Waals surface area (Å²) < 4.78 is 5.99. The number of rotatable bonds is 3. The number of benzene rings is 1. The average molecular weight is 257 g/mol. The van der Waals surface area contributed by atoms with Gasteiger partial charge in [-0.15, -0.1) is 0 Å². The zero-order chi connectivity index (χ0) is 13.1. The second-order valence-corrected chi connectivity index (χ2v) is 5.23. The predicted octanol–water partition coefficient (Wildman–Crippen LogP) is 3.05. The maximum atomic E-state index is 9.49. The van der Waals surface area contributed by atoms with Gasteiger partial charge in [0.2, 0.25) is 0 Å². The van der Waals surface area contributed by atoms with Crippen molar-refractivity contribution in [3.05, 3.63) is 42.1 Å². The van der Waals surface area contributed by atoms with Crippen molar-refractivity contribution in [3.8, 4) is 0 Å². The van der Waals surface area contributed by atoms with Crippen LogP contribution in [0.1, 0.15) is 31.2 Å². The standard InChI is InChI=1S/C16H19NO2/c18-13-5-7-14(8-6-13)19-11-12-9-10-17-16-4-2-1-3-15(12)16/h1-4,9-10,13-14,18H,5-8,11H2. The van der Waals surface area contributed by atoms with Crippen LogP contribution in [0, 0.1) is 0 Å². The molecule has 0 saturated heterocycles. The van der Waals surface area contributed by atoms with Gasteiger partial charge >= 0.3 is 0 Å². The third-order valence-corrected chi connectivity index (χ3v) is 3.86. The Labute approximate surface area is 113 Å². The third-order valence-electron chi connectivity index (χ3n) is 3.86. The lowest BCUT2D eigenvalue weighted by Gasteiger charge is -2.25. The molecule has 1 aliphatic rings. The Morgan fingerprint density at radius 2 is 1.89 bits per heavy atom. The number of nitrogens with zero attached hydrogens (tertiary/aromatic N) is 1. The van der Waals surface area contributed by atoms with Crippen molar-refractivity contribution in [2.75, 3.05) is 0 Å². The summed E-state index contributed by atoms with van der Waals surface area (Å²) in [4.78, 5) is 4.36. The van der Waals surface area contributed by atoms with Crippen molar-refractivity contribution in [1.82, 2.24) is 4.98 Å². The molecule has 0 atom stereocenters. The minimum Gasteiger partial charge on any atom is -0.393 e. The molecule has 0 unspecified atom stereocenters. The van der Waals surface area contributed by atoms with Crippen molar-refractivity contribution in [1.29, 1.82) is 0 Å². The van der Waals surface area contributed by atoms with Crippen LogP contribution in [0.5, 0.6) is 0 Å². The molecule has 3 rings (SSSR count). The Kier molecular flexibility index (Phi) is 3.76. The number of hydrogen-bond acceptors (Lipinski definition) is 3. The van der Waals surface area contributed by atoms with Crippen LogP contribution in [0.2, 0.25) is 0 Å². The van der Waals surface area contributed by atoms with E-state index in [-0.39, 0.29) is 12.2 Å². The molecule has 0 radical (unpaired) electrons. The molecule has 1 heterocycles. The van der Waals surface area contributed by atoms with E-state index in [1.165, 1.54) is 10.9 Å². The molecule has 0 amide bonds. The fraction of sp³-hybridized carbons (Fsp3) is 0.438. The zero-order valence-electron chi connectivity index (χ0n) is 11.0. The van der Waals surface area contributed by atoms with Gasteiger partial charge in [-0.2, -0.15) is 0 Å². The second kappa shape index (κ2) is 5.68. The maximum absolute atomic E-state index is 9.49. The molecule has 0 aliphatic heterocycles. The number of hydrogen-bond donors (Lipinski definition) is 1. The van der Waals surface area contributed by atoms with Gasteiger partial charge in [0.1, 0.15) is 0 Å². The summed E-state index contributed by atoms with van der Waals surface area (Å²) in [6.45, 7) is 0.629. The summed E-state index contributed by atoms with van der Waals surface area (Å²) in [5.41, 5.74) is 2.21. The van der Waals surface area contributed by atoms with E-state index in [4.69, 9.17) is 4.74 Å². The first-order chi connectivity index (χ1) is 9.33. The maximum Gasteiger partial charge on any atom is 0.0727 e. The number of para-hydroxylation sites is 1. The third kappa shape index (κ3) is 2.94. The first kappa shape index (κ1) is 12.6. The Hall–Kier alpha value is -1.45. The van der Waals surface area contributed by atoms with E-state index >= 15 is 0 Å². The summed E-state index contributed by atoms with van der Waals surface area (Å²) in [6.07, 6.45) is 5.65. The predicted molar refractivity (Wildman–Crippen MR) is 74.8 cm³/mol. The van der Waals surface area contributed by atoms with Crippen molar-refractivity contribution < 1.29 is 9.84 Å². The number of ether oxygens (including phenoxy) is 1. The minimum atomic E-state index is -0.124. The van der Waals surface area contributed by atoms with E-state index in [0.717, 1.165) is 31.2 Å². The SMILES string of the molecule is OC1CCC(OCc2ccnc3ccccc23)CC1. The molecule has 1 aromatic carbocycles. The van der Waals surface area contributed by atoms with E-state index in [1.807, 2.05) is 30.5 Å². The summed E-state index contributed by atoms with van der Waals surface area (Å²) in [6, 6.07) is 10.2. The molecule has 3 nitrogen and oxygen atoms in total. The lowest BCUT2D eigenvalue weighted by atomic mass is 9.95. The molecular weight excluding hydrogens is 238 g/mol. The van der Waals surface area contributed by atoms with Crippen LogP contribution in [0.25, 0.3) is 10.9 Å². The van der Waals surface area contributed by atoms with Gasteiger partial charge in [0.15, 0.2) is 0 Å². The van der Waals surface area contributed by atoms with Crippen LogP contribution < -0.4 is 0 Å². The van der Waals surface area contributed by atoms with E-state index in [1.54, 1.807) is 0 Å². The molecule has 2 aromatic rings. The lowest BCUT2D eigenvalue weighted by Crippen LogP contribution is -2.24. The Bertz CT molecular complexity index is 542. The zero-order valence-corrected chi connectivity index (χ0v) is 11.0. The van der Waals surface area contributed by atoms with Gasteiger partial charge in [-0.05, 0) is 43.4 Å². The van der Waals surface area contributed by atoms with Crippen LogP contribution in [0.3, 0.4) is 0 Å². The van der Waals surface area contributed by atoms with Crippen LogP contribution in [0.4, 0.5) is 0 Å². The first-order valence-corrected chi connectivity index (χ1v) is 6.95. The minimum absolute atomic E-state index is 0.124. The summed E-state index contributed by atoms with van der Waals surface area (Å²) in [7, 11) is 0. The quantitative estimate of drug-likeness (QED) is 0.919. The van der Waals surface area contributed by atoms with Crippen molar-refractivity contribution in [2.24, 2.45) is 0 Å². The molecule has 0 spiro atoms. The van der Waals surface area contributed by atoms with Crippen LogP contribution in [-0.2, 0) is 11.3 Å². The number of pyridine rings is 1. The molecular formula is C16H19NO2. The summed E-state index contributed by atoms with van der Waals surface area (Å²) >= 11 is 0. The highest BCUT2D eigenvalue weighted by Gasteiger charge is 2.19. The van der Waals surface area contributed by atoms with Gasteiger partial charge in [0.25, 0.3) is 0 Å². The van der Waals surface area contributed by atoms with E-state index < -0.39 is 0 Å². The molecule has 0 bridgehead atoms. The second-order valence-electron chi connectivity index (χ2n) is 5.23. The van der Waals surface area contributed by atoms with Crippen LogP contribution in [-0.4, -0.2) is 22.3 Å². The van der Waals surface area contributed by atoms with E-state index in [9.17, 15) is 5.11 Å². The van der Waals surface area contributed by atoms with Gasteiger partial charge < -0.3 is 9.84 Å². The normalized spacial score (nSPS) is 23.6. The highest BCUT2D eigenvalue weighted by atomic mass is 16.5. The van der Waals surface area contributed by atoms with Crippen molar-refractivity contribution in [3.63, 3.8) is 0 Å². The fourth-order valence-corrected chi connectivity index (χ4v) is 2.70. The van der Waals surface area contributed by atoms with E-state index in [2.05, 4.69) is 11.1 Å². The molecule has 100 valence electrons. The molecule has 19 heavy (non-hydrogen) atoms. The van der Waals surface area contributed by atoms with Crippen molar-refractivity contribution in [2.45, 2.75) is 44.5 Å². The Morgan fingerprint density at radius 3 is 2.74 bits per heavy atom. The number of fused-ring (bicyclic) bond motifs is 1. The molecule has 1 fully saturated rings. The van der Waals surface area contributed by atoms with E-state index in [0.29, 0.717) is 6.61 Å². The molecule has 3 heteroatoms. The molecule has 1 saturated carbocycles. The highest BCUT2D eigenvalue weighted by Crippen LogP contribution is 2.23. The van der Waals surface area contributed by atoms with Gasteiger partial charge in [0.05, 0.1) is 24.3 Å². The summed E-state index contributed by atoms with van der Waals surface area (Å²) in [5.74, 6) is 0. The molecule has 1 aromatic heterocycles. The average Bonchev–Trinajstić information content (AvgIpc) is 2.47. The van der Waals surface area contributed by atoms with Gasteiger partial charge in [-0.3, -0.25) is 4.98 Å². The van der Waals surface area contributed by atoms with Crippen LogP contribution in [0.15, 0.2) is 36.5 Å². The number of aromatic nitrogens is 1. The highest BCUT2D eigenvalue weighted by molar-refractivity contribution is 5.81. The lowest BCUT2D eigenvalue weighted by molar-refractivity contribution is -0.0114. The fourth-order valence-electron chi connectivity index (χ4n) is 2.70. The summed E-state index contributed by atoms with van der Waals surface area (Å²) in [5, 5.41) is 10.7. The number of aliphatic hydroxyl groups is 1. The molecule has 1 aliphatic carbocycles. The number of aliphatic hydroxyl groups excluding tert-OH is 1. The van der Waals surface area contributed by atoms with Gasteiger partial charge in [-0.1, -0.05) is 18.2 Å². The van der Waals surface area contributed by atoms with Crippen LogP contribution >= 0.6 is 0 Å². The topological polar surface area (TPSA) is 42.4 Å². The Morgan fingerprint density at radius 1 is 1.11 bits per heavy atom. The van der Waals surface area contributed by atoms with Gasteiger partial charge in [-0.25, -0.2) is 0 Å². The van der Waals surface area contributed by atoms with Crippen molar-refractivity contribution >= 4 is 10.9 Å². The Balaban J connectivity index is 1.68.